The van der Waals surface area contributed by atoms with Crippen molar-refractivity contribution in [2.45, 2.75) is 12.8 Å². The lowest BCUT2D eigenvalue weighted by molar-refractivity contribution is -0.133. The summed E-state index contributed by atoms with van der Waals surface area (Å²) < 4.78 is 0. The van der Waals surface area contributed by atoms with Crippen LogP contribution in [0.2, 0.25) is 0 Å². The lowest BCUT2D eigenvalue weighted by atomic mass is 9.95. The van der Waals surface area contributed by atoms with Gasteiger partial charge in [0.05, 0.1) is 16.9 Å². The number of amides is 1. The molecule has 1 heterocycles. The summed E-state index contributed by atoms with van der Waals surface area (Å²) in [5, 5.41) is 18.0. The Balaban J connectivity index is 2.16. The molecule has 0 spiro atoms. The number of dihydropyridines is 1. The second-order valence-electron chi connectivity index (χ2n) is 3.95. The minimum absolute atomic E-state index is 0.178. The van der Waals surface area contributed by atoms with Gasteiger partial charge in [0.25, 0.3) is 5.91 Å². The first kappa shape index (κ1) is 11.9. The Hall–Kier alpha value is -1.61. The summed E-state index contributed by atoms with van der Waals surface area (Å²) in [5.74, 6) is -1.78. The number of nitrogens with zero attached hydrogens (tertiary/aromatic N) is 2. The second-order valence-corrected chi connectivity index (χ2v) is 4.95. The van der Waals surface area contributed by atoms with Crippen LogP contribution in [0, 0.1) is 23.2 Å². The molecular formula is C11H10N2O3S. The lowest BCUT2D eigenvalue weighted by Gasteiger charge is -2.17. The third kappa shape index (κ3) is 2.74. The topological polar surface area (TPSA) is 90.5 Å². The van der Waals surface area contributed by atoms with Crippen LogP contribution >= 0.6 is 11.8 Å². The van der Waals surface area contributed by atoms with E-state index in [-0.39, 0.29) is 11.7 Å². The van der Waals surface area contributed by atoms with Crippen molar-refractivity contribution < 1.29 is 14.7 Å². The predicted octanol–water partition coefficient (Wildman–Crippen LogP) is 1.22. The highest BCUT2D eigenvalue weighted by atomic mass is 32.2. The molecule has 5 nitrogen and oxygen atoms in total. The highest BCUT2D eigenvalue weighted by Crippen LogP contribution is 2.42. The standard InChI is InChI=1S/C11H10N2O3S/c12-4-8-7(6-1-2-6)3-9(14)13-11(8)17-5-10(15)16/h3,6,8H,1-2,5H2,(H,15,16). The molecule has 1 aliphatic carbocycles. The van der Waals surface area contributed by atoms with E-state index in [1.807, 2.05) is 0 Å². The molecule has 2 rings (SSSR count). The lowest BCUT2D eigenvalue weighted by Crippen LogP contribution is -2.21. The summed E-state index contributed by atoms with van der Waals surface area (Å²) in [6.07, 6.45) is 3.42. The smallest absolute Gasteiger partial charge is 0.313 e. The number of carbonyl (C=O) groups excluding carboxylic acids is 1. The highest BCUT2D eigenvalue weighted by molar-refractivity contribution is 8.14. The van der Waals surface area contributed by atoms with Gasteiger partial charge in [0, 0.05) is 6.08 Å². The summed E-state index contributed by atoms with van der Waals surface area (Å²) in [5.41, 5.74) is 0.806. The molecule has 0 saturated heterocycles. The normalized spacial score (nSPS) is 23.7. The predicted molar refractivity (Wildman–Crippen MR) is 62.4 cm³/mol. The third-order valence-corrected chi connectivity index (χ3v) is 3.63. The van der Waals surface area contributed by atoms with E-state index in [1.54, 1.807) is 0 Å². The largest absolute Gasteiger partial charge is 0.481 e. The average Bonchev–Trinajstić information content (AvgIpc) is 3.09. The molecule has 0 bridgehead atoms. The Morgan fingerprint density at radius 3 is 2.88 bits per heavy atom. The summed E-state index contributed by atoms with van der Waals surface area (Å²) >= 11 is 0.957. The molecule has 0 aromatic heterocycles. The van der Waals surface area contributed by atoms with E-state index in [1.165, 1.54) is 6.08 Å². The van der Waals surface area contributed by atoms with Gasteiger partial charge in [-0.3, -0.25) is 9.59 Å². The van der Waals surface area contributed by atoms with Crippen molar-refractivity contribution in [3.63, 3.8) is 0 Å². The fourth-order valence-electron chi connectivity index (χ4n) is 1.73. The van der Waals surface area contributed by atoms with Gasteiger partial charge in [0.1, 0.15) is 5.92 Å². The van der Waals surface area contributed by atoms with Gasteiger partial charge in [0.15, 0.2) is 0 Å². The van der Waals surface area contributed by atoms with Gasteiger partial charge in [-0.2, -0.15) is 5.26 Å². The Kier molecular flexibility index (Phi) is 3.29. The molecule has 1 N–H and O–H groups in total. The van der Waals surface area contributed by atoms with E-state index in [9.17, 15) is 9.59 Å². The zero-order chi connectivity index (χ0) is 12.4. The van der Waals surface area contributed by atoms with E-state index < -0.39 is 11.9 Å². The molecule has 0 aromatic carbocycles. The van der Waals surface area contributed by atoms with Crippen LogP contribution in [0.4, 0.5) is 0 Å². The first-order valence-electron chi connectivity index (χ1n) is 5.20. The summed E-state index contributed by atoms with van der Waals surface area (Å²) in [4.78, 5) is 25.6. The Morgan fingerprint density at radius 1 is 1.65 bits per heavy atom. The van der Waals surface area contributed by atoms with Crippen molar-refractivity contribution in [3.05, 3.63) is 11.6 Å². The maximum atomic E-state index is 11.4. The maximum absolute atomic E-state index is 11.4. The van der Waals surface area contributed by atoms with Crippen LogP contribution in [0.25, 0.3) is 0 Å². The number of hydrogen-bond acceptors (Lipinski definition) is 4. The molecule has 6 heteroatoms. The number of allylic oxidation sites excluding steroid dienone is 1. The van der Waals surface area contributed by atoms with Gasteiger partial charge in [0.2, 0.25) is 0 Å². The van der Waals surface area contributed by atoms with E-state index in [2.05, 4.69) is 11.1 Å². The van der Waals surface area contributed by atoms with Gasteiger partial charge in [-0.15, -0.1) is 0 Å². The number of nitriles is 1. The third-order valence-electron chi connectivity index (χ3n) is 2.61. The number of carbonyl (C=O) groups is 2. The molecular weight excluding hydrogens is 240 g/mol. The van der Waals surface area contributed by atoms with Crippen molar-refractivity contribution in [3.8, 4) is 6.07 Å². The van der Waals surface area contributed by atoms with Gasteiger partial charge in [-0.05, 0) is 24.3 Å². The molecule has 1 amide bonds. The van der Waals surface area contributed by atoms with Crippen LogP contribution < -0.4 is 0 Å². The van der Waals surface area contributed by atoms with Gasteiger partial charge in [-0.1, -0.05) is 11.8 Å². The average molecular weight is 250 g/mol. The number of aliphatic carboxylic acids is 1. The molecule has 1 aliphatic heterocycles. The molecule has 1 atom stereocenters. The zero-order valence-electron chi connectivity index (χ0n) is 8.92. The maximum Gasteiger partial charge on any atom is 0.313 e. The van der Waals surface area contributed by atoms with Gasteiger partial charge < -0.3 is 5.11 Å². The van der Waals surface area contributed by atoms with Crippen molar-refractivity contribution in [2.24, 2.45) is 16.8 Å². The Bertz CT molecular complexity index is 472. The molecule has 88 valence electrons. The Labute approximate surface area is 102 Å². The molecule has 0 aromatic rings. The minimum Gasteiger partial charge on any atom is -0.481 e. The first-order chi connectivity index (χ1) is 8.11. The van der Waals surface area contributed by atoms with Crippen LogP contribution in [0.15, 0.2) is 16.6 Å². The summed E-state index contributed by atoms with van der Waals surface area (Å²) in [7, 11) is 0. The van der Waals surface area contributed by atoms with Crippen LogP contribution in [-0.2, 0) is 9.59 Å². The summed E-state index contributed by atoms with van der Waals surface area (Å²) in [6.45, 7) is 0. The van der Waals surface area contributed by atoms with Gasteiger partial charge >= 0.3 is 5.97 Å². The zero-order valence-corrected chi connectivity index (χ0v) is 9.74. The number of thioether (sulfide) groups is 1. The van der Waals surface area contributed by atoms with Gasteiger partial charge in [-0.25, -0.2) is 4.99 Å². The number of carboxylic acid groups (broad SMARTS) is 1. The number of aliphatic imine (C=N–C) groups is 1. The van der Waals surface area contributed by atoms with Crippen LogP contribution in [0.1, 0.15) is 12.8 Å². The molecule has 1 saturated carbocycles. The van der Waals surface area contributed by atoms with Crippen molar-refractivity contribution in [1.29, 1.82) is 5.26 Å². The van der Waals surface area contributed by atoms with Crippen molar-refractivity contribution in [2.75, 3.05) is 5.75 Å². The quantitative estimate of drug-likeness (QED) is 0.813. The summed E-state index contributed by atoms with van der Waals surface area (Å²) in [6, 6.07) is 2.10. The minimum atomic E-state index is -0.982. The van der Waals surface area contributed by atoms with Crippen molar-refractivity contribution in [1.82, 2.24) is 0 Å². The molecule has 17 heavy (non-hydrogen) atoms. The van der Waals surface area contributed by atoms with E-state index in [0.717, 1.165) is 30.2 Å². The molecule has 2 aliphatic rings. The first-order valence-corrected chi connectivity index (χ1v) is 6.18. The Morgan fingerprint density at radius 2 is 2.35 bits per heavy atom. The number of carboxylic acids is 1. The molecule has 1 unspecified atom stereocenters. The monoisotopic (exact) mass is 250 g/mol. The van der Waals surface area contributed by atoms with Crippen LogP contribution in [0.3, 0.4) is 0 Å². The fourth-order valence-corrected chi connectivity index (χ4v) is 2.51. The SMILES string of the molecule is N#CC1C(C2CC2)=CC(=O)N=C1SCC(=O)O. The molecule has 1 fully saturated rings. The van der Waals surface area contributed by atoms with Crippen LogP contribution in [-0.4, -0.2) is 27.8 Å². The molecule has 0 radical (unpaired) electrons. The fraction of sp³-hybridized carbons (Fsp3) is 0.455. The highest BCUT2D eigenvalue weighted by Gasteiger charge is 2.36. The van der Waals surface area contributed by atoms with E-state index in [0.29, 0.717) is 11.0 Å². The van der Waals surface area contributed by atoms with E-state index in [4.69, 9.17) is 10.4 Å². The van der Waals surface area contributed by atoms with Crippen molar-refractivity contribution >= 4 is 28.7 Å². The number of rotatable bonds is 3. The van der Waals surface area contributed by atoms with Crippen LogP contribution in [0.5, 0.6) is 0 Å². The van der Waals surface area contributed by atoms with E-state index >= 15 is 0 Å². The number of hydrogen-bond donors (Lipinski definition) is 1. The second kappa shape index (κ2) is 4.72.